The molecule has 1 fully saturated rings. The summed E-state index contributed by atoms with van der Waals surface area (Å²) in [5.41, 5.74) is 9.55. The van der Waals surface area contributed by atoms with Crippen molar-refractivity contribution < 1.29 is 4.74 Å². The highest BCUT2D eigenvalue weighted by atomic mass is 16.5. The van der Waals surface area contributed by atoms with E-state index in [9.17, 15) is 0 Å². The number of benzene rings is 1. The Labute approximate surface area is 125 Å². The number of hydrogen-bond donors (Lipinski definition) is 1. The van der Waals surface area contributed by atoms with Gasteiger partial charge in [-0.25, -0.2) is 4.98 Å². The van der Waals surface area contributed by atoms with Crippen molar-refractivity contribution >= 4 is 5.82 Å². The van der Waals surface area contributed by atoms with Gasteiger partial charge in [0.1, 0.15) is 17.3 Å². The predicted molar refractivity (Wildman–Crippen MR) is 85.1 cm³/mol. The summed E-state index contributed by atoms with van der Waals surface area (Å²) in [6.45, 7) is 3.70. The summed E-state index contributed by atoms with van der Waals surface area (Å²) < 4.78 is 7.50. The molecular weight excluding hydrogens is 262 g/mol. The molecule has 0 saturated heterocycles. The molecule has 112 valence electrons. The van der Waals surface area contributed by atoms with Crippen molar-refractivity contribution in [2.75, 3.05) is 12.8 Å². The van der Waals surface area contributed by atoms with Crippen LogP contribution in [0.25, 0.3) is 11.3 Å². The zero-order chi connectivity index (χ0) is 14.8. The van der Waals surface area contributed by atoms with Gasteiger partial charge in [0.15, 0.2) is 0 Å². The molecule has 0 aliphatic heterocycles. The van der Waals surface area contributed by atoms with Gasteiger partial charge in [0.05, 0.1) is 6.61 Å². The van der Waals surface area contributed by atoms with Crippen molar-refractivity contribution in [3.8, 4) is 11.3 Å². The zero-order valence-electron chi connectivity index (χ0n) is 12.8. The number of rotatable bonds is 6. The second-order valence-electron chi connectivity index (χ2n) is 5.72. The maximum absolute atomic E-state index is 6.41. The van der Waals surface area contributed by atoms with E-state index in [1.165, 1.54) is 12.8 Å². The summed E-state index contributed by atoms with van der Waals surface area (Å²) in [4.78, 5) is 4.89. The molecule has 0 amide bonds. The Morgan fingerprint density at radius 1 is 1.33 bits per heavy atom. The van der Waals surface area contributed by atoms with Crippen LogP contribution in [0.1, 0.15) is 43.5 Å². The lowest BCUT2D eigenvalue weighted by Gasteiger charge is -2.09. The monoisotopic (exact) mass is 285 g/mol. The van der Waals surface area contributed by atoms with Crippen LogP contribution in [0.3, 0.4) is 0 Å². The van der Waals surface area contributed by atoms with Crippen LogP contribution in [0.5, 0.6) is 0 Å². The topological polar surface area (TPSA) is 53.1 Å². The lowest BCUT2D eigenvalue weighted by Crippen LogP contribution is -2.06. The van der Waals surface area contributed by atoms with Crippen LogP contribution in [0, 0.1) is 0 Å². The maximum atomic E-state index is 6.41. The number of methoxy groups -OCH3 is 1. The fraction of sp³-hybridized carbons (Fsp3) is 0.471. The van der Waals surface area contributed by atoms with Crippen LogP contribution < -0.4 is 5.73 Å². The first kappa shape index (κ1) is 14.1. The van der Waals surface area contributed by atoms with Crippen molar-refractivity contribution in [2.45, 2.75) is 45.3 Å². The lowest BCUT2D eigenvalue weighted by atomic mass is 10.1. The molecule has 2 aromatic rings. The molecule has 0 spiro atoms. The molecular formula is C17H23N3O. The van der Waals surface area contributed by atoms with Crippen LogP contribution in [0.4, 0.5) is 5.82 Å². The first-order valence-corrected chi connectivity index (χ1v) is 7.69. The molecule has 0 bridgehead atoms. The quantitative estimate of drug-likeness (QED) is 0.882. The third-order valence-corrected chi connectivity index (χ3v) is 4.00. The van der Waals surface area contributed by atoms with Gasteiger partial charge in [0.2, 0.25) is 0 Å². The maximum Gasteiger partial charge on any atom is 0.131 e. The van der Waals surface area contributed by atoms with E-state index < -0.39 is 0 Å². The fourth-order valence-electron chi connectivity index (χ4n) is 2.83. The standard InChI is InChI=1S/C17H23N3O/c1-3-10-20-16(18)15(19-17(20)12-8-9-12)14-7-5-4-6-13(14)11-21-2/h4-7,12H,3,8-11,18H2,1-2H3. The summed E-state index contributed by atoms with van der Waals surface area (Å²) in [6.07, 6.45) is 3.54. The molecule has 1 aromatic carbocycles. The van der Waals surface area contributed by atoms with E-state index in [1.807, 2.05) is 12.1 Å². The number of imidazole rings is 1. The van der Waals surface area contributed by atoms with Gasteiger partial charge in [0, 0.05) is 25.1 Å². The van der Waals surface area contributed by atoms with E-state index in [0.29, 0.717) is 12.5 Å². The summed E-state index contributed by atoms with van der Waals surface area (Å²) in [5.74, 6) is 2.56. The minimum atomic E-state index is 0.578. The van der Waals surface area contributed by atoms with Gasteiger partial charge in [0.25, 0.3) is 0 Å². The summed E-state index contributed by atoms with van der Waals surface area (Å²) in [5, 5.41) is 0. The second-order valence-corrected chi connectivity index (χ2v) is 5.72. The molecule has 21 heavy (non-hydrogen) atoms. The number of ether oxygens (including phenoxy) is 1. The van der Waals surface area contributed by atoms with Gasteiger partial charge in [-0.2, -0.15) is 0 Å². The molecule has 1 heterocycles. The zero-order valence-corrected chi connectivity index (χ0v) is 12.8. The number of aromatic nitrogens is 2. The Hall–Kier alpha value is -1.81. The third kappa shape index (κ3) is 2.68. The molecule has 1 aliphatic rings. The molecule has 3 rings (SSSR count). The molecule has 1 saturated carbocycles. The number of nitrogens with zero attached hydrogens (tertiary/aromatic N) is 2. The van der Waals surface area contributed by atoms with Crippen LogP contribution in [0.2, 0.25) is 0 Å². The molecule has 0 radical (unpaired) electrons. The largest absolute Gasteiger partial charge is 0.383 e. The Morgan fingerprint density at radius 3 is 2.76 bits per heavy atom. The highest BCUT2D eigenvalue weighted by Crippen LogP contribution is 2.42. The van der Waals surface area contributed by atoms with Crippen molar-refractivity contribution in [1.29, 1.82) is 0 Å². The average molecular weight is 285 g/mol. The smallest absolute Gasteiger partial charge is 0.131 e. The third-order valence-electron chi connectivity index (χ3n) is 4.00. The lowest BCUT2D eigenvalue weighted by molar-refractivity contribution is 0.185. The van der Waals surface area contributed by atoms with Crippen molar-refractivity contribution in [1.82, 2.24) is 9.55 Å². The minimum absolute atomic E-state index is 0.578. The van der Waals surface area contributed by atoms with Gasteiger partial charge in [-0.05, 0) is 24.8 Å². The van der Waals surface area contributed by atoms with E-state index >= 15 is 0 Å². The molecule has 4 heteroatoms. The van der Waals surface area contributed by atoms with Crippen LogP contribution >= 0.6 is 0 Å². The number of nitrogens with two attached hydrogens (primary N) is 1. The van der Waals surface area contributed by atoms with Gasteiger partial charge in [-0.15, -0.1) is 0 Å². The minimum Gasteiger partial charge on any atom is -0.383 e. The summed E-state index contributed by atoms with van der Waals surface area (Å²) in [7, 11) is 1.71. The number of nitrogen functional groups attached to an aromatic ring is 1. The molecule has 0 unspecified atom stereocenters. The summed E-state index contributed by atoms with van der Waals surface area (Å²) >= 11 is 0. The Bertz CT molecular complexity index is 629. The highest BCUT2D eigenvalue weighted by Gasteiger charge is 2.31. The van der Waals surface area contributed by atoms with E-state index in [-0.39, 0.29) is 0 Å². The predicted octanol–water partition coefficient (Wildman–Crippen LogP) is 3.57. The SMILES string of the molecule is CCCn1c(C2CC2)nc(-c2ccccc2COC)c1N. The van der Waals surface area contributed by atoms with E-state index in [0.717, 1.165) is 41.4 Å². The van der Waals surface area contributed by atoms with E-state index in [2.05, 4.69) is 23.6 Å². The van der Waals surface area contributed by atoms with E-state index in [4.69, 9.17) is 15.5 Å². The number of anilines is 1. The molecule has 1 aliphatic carbocycles. The van der Waals surface area contributed by atoms with Gasteiger partial charge >= 0.3 is 0 Å². The first-order valence-electron chi connectivity index (χ1n) is 7.69. The number of hydrogen-bond acceptors (Lipinski definition) is 3. The van der Waals surface area contributed by atoms with Crippen LogP contribution in [-0.2, 0) is 17.9 Å². The Kier molecular flexibility index (Phi) is 3.97. The van der Waals surface area contributed by atoms with E-state index in [1.54, 1.807) is 7.11 Å². The van der Waals surface area contributed by atoms with Gasteiger partial charge < -0.3 is 15.0 Å². The second kappa shape index (κ2) is 5.90. The van der Waals surface area contributed by atoms with Gasteiger partial charge in [-0.3, -0.25) is 0 Å². The first-order chi connectivity index (χ1) is 10.3. The Morgan fingerprint density at radius 2 is 2.10 bits per heavy atom. The molecule has 4 nitrogen and oxygen atoms in total. The van der Waals surface area contributed by atoms with Crippen molar-refractivity contribution in [2.24, 2.45) is 0 Å². The normalized spacial score (nSPS) is 14.6. The summed E-state index contributed by atoms with van der Waals surface area (Å²) in [6, 6.07) is 8.22. The van der Waals surface area contributed by atoms with Crippen LogP contribution in [-0.4, -0.2) is 16.7 Å². The fourth-order valence-corrected chi connectivity index (χ4v) is 2.83. The molecule has 0 atom stereocenters. The Balaban J connectivity index is 2.08. The van der Waals surface area contributed by atoms with Crippen molar-refractivity contribution in [3.63, 3.8) is 0 Å². The van der Waals surface area contributed by atoms with Crippen LogP contribution in [0.15, 0.2) is 24.3 Å². The average Bonchev–Trinajstić information content (AvgIpc) is 3.28. The highest BCUT2D eigenvalue weighted by molar-refractivity contribution is 5.74. The van der Waals surface area contributed by atoms with Crippen molar-refractivity contribution in [3.05, 3.63) is 35.7 Å². The molecule has 1 aromatic heterocycles. The molecule has 2 N–H and O–H groups in total. The van der Waals surface area contributed by atoms with Gasteiger partial charge in [-0.1, -0.05) is 31.2 Å².